The number of carbonyl (C=O) groups excluding carboxylic acids is 2. The lowest BCUT2D eigenvalue weighted by atomic mass is 10.2. The van der Waals surface area contributed by atoms with Crippen molar-refractivity contribution in [2.24, 2.45) is 0 Å². The molecule has 1 aliphatic rings. The van der Waals surface area contributed by atoms with E-state index in [1.807, 2.05) is 18.7 Å². The number of hydrogen-bond acceptors (Lipinski definition) is 2. The van der Waals surface area contributed by atoms with Crippen LogP contribution in [0.1, 0.15) is 46.5 Å². The molecule has 2 amide bonds. The molecule has 4 nitrogen and oxygen atoms in total. The van der Waals surface area contributed by atoms with E-state index < -0.39 is 0 Å². The van der Waals surface area contributed by atoms with Crippen molar-refractivity contribution in [2.75, 3.05) is 6.54 Å². The van der Waals surface area contributed by atoms with Crippen molar-refractivity contribution in [3.8, 4) is 0 Å². The number of nitrogens with one attached hydrogen (secondary N) is 1. The van der Waals surface area contributed by atoms with Crippen molar-refractivity contribution < 1.29 is 9.59 Å². The van der Waals surface area contributed by atoms with E-state index >= 15 is 0 Å². The number of rotatable bonds is 5. The van der Waals surface area contributed by atoms with Gasteiger partial charge in [0.1, 0.15) is 0 Å². The number of carbonyl (C=O) groups is 2. The highest BCUT2D eigenvalue weighted by molar-refractivity contribution is 5.82. The fourth-order valence-corrected chi connectivity index (χ4v) is 1.96. The molecule has 1 saturated heterocycles. The molecule has 92 valence electrons. The Hall–Kier alpha value is -1.06. The van der Waals surface area contributed by atoms with Gasteiger partial charge in [-0.05, 0) is 20.3 Å². The number of unbranched alkanes of at least 4 members (excludes halogenated alkanes) is 1. The lowest BCUT2D eigenvalue weighted by Gasteiger charge is -2.21. The summed E-state index contributed by atoms with van der Waals surface area (Å²) >= 11 is 0. The van der Waals surface area contributed by atoms with E-state index in [0.29, 0.717) is 19.4 Å². The third-order valence-corrected chi connectivity index (χ3v) is 2.90. The minimum atomic E-state index is 0.0132. The molecule has 0 aromatic heterocycles. The van der Waals surface area contributed by atoms with Crippen molar-refractivity contribution in [2.45, 2.75) is 58.5 Å². The van der Waals surface area contributed by atoms with Crippen molar-refractivity contribution in [1.29, 1.82) is 0 Å². The Morgan fingerprint density at radius 2 is 2.25 bits per heavy atom. The molecule has 1 unspecified atom stereocenters. The summed E-state index contributed by atoms with van der Waals surface area (Å²) in [5.41, 5.74) is 0. The number of likely N-dealkylation sites (tertiary alicyclic amines) is 1. The van der Waals surface area contributed by atoms with Gasteiger partial charge in [-0.2, -0.15) is 0 Å². The van der Waals surface area contributed by atoms with Gasteiger partial charge in [-0.25, -0.2) is 0 Å². The van der Waals surface area contributed by atoms with Crippen LogP contribution in [0, 0.1) is 0 Å². The van der Waals surface area contributed by atoms with Crippen LogP contribution in [0.25, 0.3) is 0 Å². The third kappa shape index (κ3) is 3.51. The molecule has 16 heavy (non-hydrogen) atoms. The van der Waals surface area contributed by atoms with Crippen molar-refractivity contribution in [3.63, 3.8) is 0 Å². The second kappa shape index (κ2) is 5.87. The molecule has 0 radical (unpaired) electrons. The van der Waals surface area contributed by atoms with Crippen LogP contribution in [-0.2, 0) is 9.59 Å². The summed E-state index contributed by atoms with van der Waals surface area (Å²) in [4.78, 5) is 24.9. The quantitative estimate of drug-likeness (QED) is 0.768. The van der Waals surface area contributed by atoms with Crippen LogP contribution in [0.4, 0.5) is 0 Å². The molecule has 1 N–H and O–H groups in total. The summed E-state index contributed by atoms with van der Waals surface area (Å²) in [6.07, 6.45) is 2.97. The SMILES string of the molecule is CCCCC(=O)NC1CC(=O)N(C(C)C)C1. The first kappa shape index (κ1) is 13.0. The van der Waals surface area contributed by atoms with Crippen LogP contribution in [0.15, 0.2) is 0 Å². The summed E-state index contributed by atoms with van der Waals surface area (Å²) in [5.74, 6) is 0.223. The van der Waals surface area contributed by atoms with Gasteiger partial charge in [-0.15, -0.1) is 0 Å². The summed E-state index contributed by atoms with van der Waals surface area (Å²) < 4.78 is 0. The van der Waals surface area contributed by atoms with Crippen LogP contribution in [0.2, 0.25) is 0 Å². The van der Waals surface area contributed by atoms with E-state index in [2.05, 4.69) is 12.2 Å². The molecule has 1 heterocycles. The molecular formula is C12H22N2O2. The number of hydrogen-bond donors (Lipinski definition) is 1. The molecule has 1 atom stereocenters. The molecule has 0 spiro atoms. The number of nitrogens with zero attached hydrogens (tertiary/aromatic N) is 1. The minimum Gasteiger partial charge on any atom is -0.351 e. The zero-order chi connectivity index (χ0) is 12.1. The molecular weight excluding hydrogens is 204 g/mol. The maximum Gasteiger partial charge on any atom is 0.225 e. The van der Waals surface area contributed by atoms with Gasteiger partial charge in [0.15, 0.2) is 0 Å². The highest BCUT2D eigenvalue weighted by Crippen LogP contribution is 2.14. The Bertz CT molecular complexity index is 264. The van der Waals surface area contributed by atoms with Crippen LogP contribution < -0.4 is 5.32 Å². The smallest absolute Gasteiger partial charge is 0.225 e. The van der Waals surface area contributed by atoms with Gasteiger partial charge < -0.3 is 10.2 Å². The Balaban J connectivity index is 2.35. The average Bonchev–Trinajstić information content (AvgIpc) is 2.56. The average molecular weight is 226 g/mol. The van der Waals surface area contributed by atoms with Gasteiger partial charge in [0.05, 0.1) is 6.04 Å². The molecule has 0 aromatic rings. The van der Waals surface area contributed by atoms with Gasteiger partial charge >= 0.3 is 0 Å². The zero-order valence-electron chi connectivity index (χ0n) is 10.5. The largest absolute Gasteiger partial charge is 0.351 e. The monoisotopic (exact) mass is 226 g/mol. The second-order valence-electron chi connectivity index (χ2n) is 4.71. The lowest BCUT2D eigenvalue weighted by molar-refractivity contribution is -0.129. The first-order valence-electron chi connectivity index (χ1n) is 6.13. The Morgan fingerprint density at radius 3 is 2.75 bits per heavy atom. The Kier molecular flexibility index (Phi) is 4.77. The van der Waals surface area contributed by atoms with Crippen LogP contribution >= 0.6 is 0 Å². The van der Waals surface area contributed by atoms with E-state index in [-0.39, 0.29) is 23.9 Å². The van der Waals surface area contributed by atoms with E-state index in [1.54, 1.807) is 0 Å². The van der Waals surface area contributed by atoms with E-state index in [0.717, 1.165) is 12.8 Å². The predicted octanol–water partition coefficient (Wildman–Crippen LogP) is 1.30. The lowest BCUT2D eigenvalue weighted by Crippen LogP contribution is -2.38. The van der Waals surface area contributed by atoms with Crippen molar-refractivity contribution in [1.82, 2.24) is 10.2 Å². The maximum absolute atomic E-state index is 11.6. The topological polar surface area (TPSA) is 49.4 Å². The third-order valence-electron chi connectivity index (χ3n) is 2.90. The Morgan fingerprint density at radius 1 is 1.56 bits per heavy atom. The molecule has 0 aliphatic carbocycles. The zero-order valence-corrected chi connectivity index (χ0v) is 10.5. The highest BCUT2D eigenvalue weighted by atomic mass is 16.2. The summed E-state index contributed by atoms with van der Waals surface area (Å²) in [5, 5.41) is 2.93. The molecule has 4 heteroatoms. The highest BCUT2D eigenvalue weighted by Gasteiger charge is 2.31. The van der Waals surface area contributed by atoms with Crippen molar-refractivity contribution in [3.05, 3.63) is 0 Å². The van der Waals surface area contributed by atoms with E-state index in [1.165, 1.54) is 0 Å². The van der Waals surface area contributed by atoms with Gasteiger partial charge in [0, 0.05) is 25.4 Å². The standard InChI is InChI=1S/C12H22N2O2/c1-4-5-6-11(15)13-10-7-12(16)14(8-10)9(2)3/h9-10H,4-8H2,1-3H3,(H,13,15). The van der Waals surface area contributed by atoms with Crippen LogP contribution in [0.5, 0.6) is 0 Å². The normalized spacial score (nSPS) is 20.6. The van der Waals surface area contributed by atoms with Gasteiger partial charge in [-0.1, -0.05) is 13.3 Å². The van der Waals surface area contributed by atoms with E-state index in [4.69, 9.17) is 0 Å². The fourth-order valence-electron chi connectivity index (χ4n) is 1.96. The molecule has 0 bridgehead atoms. The second-order valence-corrected chi connectivity index (χ2v) is 4.71. The summed E-state index contributed by atoms with van der Waals surface area (Å²) in [7, 11) is 0. The molecule has 0 saturated carbocycles. The van der Waals surface area contributed by atoms with Crippen LogP contribution in [-0.4, -0.2) is 35.3 Å². The fraction of sp³-hybridized carbons (Fsp3) is 0.833. The maximum atomic E-state index is 11.6. The van der Waals surface area contributed by atoms with Crippen molar-refractivity contribution >= 4 is 11.8 Å². The van der Waals surface area contributed by atoms with Crippen LogP contribution in [0.3, 0.4) is 0 Å². The molecule has 1 fully saturated rings. The molecule has 1 rings (SSSR count). The summed E-state index contributed by atoms with van der Waals surface area (Å²) in [6.45, 7) is 6.72. The van der Waals surface area contributed by atoms with Gasteiger partial charge in [0.25, 0.3) is 0 Å². The summed E-state index contributed by atoms with van der Waals surface area (Å²) in [6, 6.07) is 0.240. The molecule has 0 aromatic carbocycles. The Labute approximate surface area is 97.4 Å². The number of amides is 2. The first-order chi connectivity index (χ1) is 7.54. The predicted molar refractivity (Wildman–Crippen MR) is 62.9 cm³/mol. The van der Waals surface area contributed by atoms with Gasteiger partial charge in [-0.3, -0.25) is 9.59 Å². The minimum absolute atomic E-state index is 0.0132. The molecule has 1 aliphatic heterocycles. The first-order valence-corrected chi connectivity index (χ1v) is 6.13. The van der Waals surface area contributed by atoms with Gasteiger partial charge in [0.2, 0.25) is 11.8 Å². The van der Waals surface area contributed by atoms with E-state index in [9.17, 15) is 9.59 Å².